The predicted molar refractivity (Wildman–Crippen MR) is 117 cm³/mol. The molecule has 0 atom stereocenters. The van der Waals surface area contributed by atoms with Crippen LogP contribution in [0.2, 0.25) is 0 Å². The highest BCUT2D eigenvalue weighted by Gasteiger charge is 2.35. The third kappa shape index (κ3) is 4.06. The molecule has 1 saturated heterocycles. The fourth-order valence-electron chi connectivity index (χ4n) is 3.26. The maximum atomic E-state index is 12.9. The molecule has 4 rings (SSSR count). The Morgan fingerprint density at radius 2 is 1.73 bits per heavy atom. The molecule has 3 aromatic carbocycles. The number of nitrogens with two attached hydrogens (primary N) is 1. The number of hydrogen-bond donors (Lipinski definition) is 1. The summed E-state index contributed by atoms with van der Waals surface area (Å²) in [7, 11) is 0. The average Bonchev–Trinajstić information content (AvgIpc) is 3.00. The molecule has 2 N–H and O–H groups in total. The normalized spacial score (nSPS) is 15.2. The van der Waals surface area contributed by atoms with Crippen LogP contribution < -0.4 is 10.5 Å². The van der Waals surface area contributed by atoms with E-state index in [1.54, 1.807) is 30.3 Å². The van der Waals surface area contributed by atoms with E-state index >= 15 is 0 Å². The van der Waals surface area contributed by atoms with Crippen LogP contribution in [0.3, 0.4) is 0 Å². The minimum absolute atomic E-state index is 0.198. The van der Waals surface area contributed by atoms with Crippen molar-refractivity contribution in [1.29, 1.82) is 0 Å². The molecule has 1 fully saturated rings. The van der Waals surface area contributed by atoms with Gasteiger partial charge in [0.05, 0.1) is 11.4 Å². The van der Waals surface area contributed by atoms with Crippen LogP contribution >= 0.6 is 11.8 Å². The minimum atomic E-state index is -0.597. The Labute approximate surface area is 177 Å². The smallest absolute Gasteiger partial charge is 0.293 e. The zero-order valence-corrected chi connectivity index (χ0v) is 16.7. The molecule has 0 aliphatic carbocycles. The van der Waals surface area contributed by atoms with E-state index in [-0.39, 0.29) is 24.3 Å². The number of para-hydroxylation sites is 1. The van der Waals surface area contributed by atoms with Crippen LogP contribution in [0.25, 0.3) is 16.8 Å². The van der Waals surface area contributed by atoms with Gasteiger partial charge >= 0.3 is 0 Å². The average molecular weight is 418 g/mol. The summed E-state index contributed by atoms with van der Waals surface area (Å²) in [5, 5.41) is 1.74. The lowest BCUT2D eigenvalue weighted by molar-refractivity contribution is -0.123. The van der Waals surface area contributed by atoms with E-state index < -0.39 is 5.91 Å². The molecule has 3 amide bonds. The Morgan fingerprint density at radius 1 is 1.00 bits per heavy atom. The summed E-state index contributed by atoms with van der Waals surface area (Å²) in [6, 6.07) is 20.6. The van der Waals surface area contributed by atoms with Gasteiger partial charge in [0.2, 0.25) is 0 Å². The molecule has 150 valence electrons. The van der Waals surface area contributed by atoms with Crippen molar-refractivity contribution in [3.8, 4) is 5.75 Å². The molecular formula is C23H18N2O4S. The molecule has 0 saturated carbocycles. The van der Waals surface area contributed by atoms with Crippen LogP contribution in [-0.2, 0) is 16.1 Å². The summed E-state index contributed by atoms with van der Waals surface area (Å²) < 4.78 is 5.40. The van der Waals surface area contributed by atoms with Crippen LogP contribution in [0, 0.1) is 0 Å². The molecular weight excluding hydrogens is 400 g/mol. The van der Waals surface area contributed by atoms with Gasteiger partial charge in [-0.25, -0.2) is 0 Å². The second-order valence-electron chi connectivity index (χ2n) is 6.70. The Morgan fingerprint density at radius 3 is 2.57 bits per heavy atom. The molecule has 1 aliphatic rings. The molecule has 0 bridgehead atoms. The van der Waals surface area contributed by atoms with Crippen molar-refractivity contribution in [2.45, 2.75) is 6.54 Å². The van der Waals surface area contributed by atoms with Gasteiger partial charge in [-0.15, -0.1) is 0 Å². The number of carbonyl (C=O) groups is 3. The third-order valence-electron chi connectivity index (χ3n) is 4.66. The van der Waals surface area contributed by atoms with E-state index in [1.807, 2.05) is 42.5 Å². The Hall–Kier alpha value is -3.58. The molecule has 0 radical (unpaired) electrons. The number of imide groups is 1. The standard InChI is InChI=1S/C23H18N2O4S/c24-21(26)14-29-19-11-4-2-7-16(19)12-20-22(27)25(23(28)30-20)13-17-9-5-8-15-6-1-3-10-18(15)17/h1-12H,13-14H2,(H2,24,26)/b20-12+. The lowest BCUT2D eigenvalue weighted by Crippen LogP contribution is -2.27. The number of benzene rings is 3. The molecule has 1 heterocycles. The fourth-order valence-corrected chi connectivity index (χ4v) is 4.09. The molecule has 7 heteroatoms. The number of rotatable bonds is 6. The number of hydrogen-bond acceptors (Lipinski definition) is 5. The van der Waals surface area contributed by atoms with Crippen LogP contribution in [-0.4, -0.2) is 28.6 Å². The largest absolute Gasteiger partial charge is 0.483 e. The molecule has 0 aromatic heterocycles. The molecule has 6 nitrogen and oxygen atoms in total. The van der Waals surface area contributed by atoms with Gasteiger partial charge in [0.25, 0.3) is 17.1 Å². The molecule has 30 heavy (non-hydrogen) atoms. The van der Waals surface area contributed by atoms with Gasteiger partial charge in [0, 0.05) is 5.56 Å². The van der Waals surface area contributed by atoms with Crippen LogP contribution in [0.1, 0.15) is 11.1 Å². The number of primary amides is 1. The van der Waals surface area contributed by atoms with Crippen molar-refractivity contribution in [1.82, 2.24) is 4.90 Å². The quantitative estimate of drug-likeness (QED) is 0.613. The number of nitrogens with zero attached hydrogens (tertiary/aromatic N) is 1. The highest BCUT2D eigenvalue weighted by molar-refractivity contribution is 8.18. The van der Waals surface area contributed by atoms with E-state index in [4.69, 9.17) is 10.5 Å². The number of carbonyl (C=O) groups excluding carboxylic acids is 3. The molecule has 0 spiro atoms. The van der Waals surface area contributed by atoms with Gasteiger partial charge in [0.15, 0.2) is 6.61 Å². The molecule has 1 aliphatic heterocycles. The summed E-state index contributed by atoms with van der Waals surface area (Å²) >= 11 is 0.886. The topological polar surface area (TPSA) is 89.7 Å². The Kier molecular flexibility index (Phi) is 5.54. The van der Waals surface area contributed by atoms with E-state index in [9.17, 15) is 14.4 Å². The summed E-state index contributed by atoms with van der Waals surface area (Å²) in [6.45, 7) is -0.0728. The summed E-state index contributed by atoms with van der Waals surface area (Å²) in [5.74, 6) is -0.542. The van der Waals surface area contributed by atoms with Crippen molar-refractivity contribution < 1.29 is 19.1 Å². The fraction of sp³-hybridized carbons (Fsp3) is 0.0870. The predicted octanol–water partition coefficient (Wildman–Crippen LogP) is 3.94. The summed E-state index contributed by atoms with van der Waals surface area (Å²) in [4.78, 5) is 38.0. The van der Waals surface area contributed by atoms with Crippen molar-refractivity contribution in [2.24, 2.45) is 5.73 Å². The van der Waals surface area contributed by atoms with E-state index in [1.165, 1.54) is 4.90 Å². The number of thioether (sulfide) groups is 1. The Bertz CT molecular complexity index is 1180. The molecule has 0 unspecified atom stereocenters. The van der Waals surface area contributed by atoms with Gasteiger partial charge in [-0.2, -0.15) is 0 Å². The van der Waals surface area contributed by atoms with Crippen molar-refractivity contribution in [3.63, 3.8) is 0 Å². The summed E-state index contributed by atoms with van der Waals surface area (Å²) in [6.07, 6.45) is 1.60. The van der Waals surface area contributed by atoms with Gasteiger partial charge in [-0.3, -0.25) is 19.3 Å². The van der Waals surface area contributed by atoms with Gasteiger partial charge in [0.1, 0.15) is 5.75 Å². The minimum Gasteiger partial charge on any atom is -0.483 e. The van der Waals surface area contributed by atoms with E-state index in [2.05, 4.69) is 0 Å². The van der Waals surface area contributed by atoms with Crippen molar-refractivity contribution >= 4 is 45.7 Å². The van der Waals surface area contributed by atoms with Crippen molar-refractivity contribution in [3.05, 3.63) is 82.8 Å². The SMILES string of the molecule is NC(=O)COc1ccccc1/C=C1/SC(=O)N(Cc2cccc3ccccc23)C1=O. The lowest BCUT2D eigenvalue weighted by Gasteiger charge is -2.14. The number of ether oxygens (including phenoxy) is 1. The first-order valence-electron chi connectivity index (χ1n) is 9.25. The zero-order valence-electron chi connectivity index (χ0n) is 15.9. The third-order valence-corrected chi connectivity index (χ3v) is 5.56. The first-order valence-corrected chi connectivity index (χ1v) is 10.1. The molecule has 3 aromatic rings. The van der Waals surface area contributed by atoms with Crippen LogP contribution in [0.5, 0.6) is 5.75 Å². The maximum Gasteiger partial charge on any atom is 0.293 e. The van der Waals surface area contributed by atoms with Crippen LogP contribution in [0.4, 0.5) is 4.79 Å². The summed E-state index contributed by atoms with van der Waals surface area (Å²) in [5.41, 5.74) is 6.63. The van der Waals surface area contributed by atoms with Gasteiger partial charge in [-0.05, 0) is 40.2 Å². The lowest BCUT2D eigenvalue weighted by atomic mass is 10.0. The first kappa shape index (κ1) is 19.7. The highest BCUT2D eigenvalue weighted by atomic mass is 32.2. The maximum absolute atomic E-state index is 12.9. The first-order chi connectivity index (χ1) is 14.5. The highest BCUT2D eigenvalue weighted by Crippen LogP contribution is 2.35. The number of amides is 3. The Balaban J connectivity index is 1.60. The monoisotopic (exact) mass is 418 g/mol. The second kappa shape index (κ2) is 8.42. The van der Waals surface area contributed by atoms with Crippen molar-refractivity contribution in [2.75, 3.05) is 6.61 Å². The zero-order chi connectivity index (χ0) is 21.1. The number of fused-ring (bicyclic) bond motifs is 1. The van der Waals surface area contributed by atoms with Crippen LogP contribution in [0.15, 0.2) is 71.6 Å². The second-order valence-corrected chi connectivity index (χ2v) is 7.69. The van der Waals surface area contributed by atoms with Gasteiger partial charge < -0.3 is 10.5 Å². The van der Waals surface area contributed by atoms with Gasteiger partial charge in [-0.1, -0.05) is 60.7 Å². The van der Waals surface area contributed by atoms with E-state index in [0.717, 1.165) is 28.1 Å². The van der Waals surface area contributed by atoms with E-state index in [0.29, 0.717) is 16.2 Å².